The number of nitrogens with one attached hydrogen (secondary N) is 2. The summed E-state index contributed by atoms with van der Waals surface area (Å²) >= 11 is 0. The Morgan fingerprint density at radius 2 is 2.05 bits per heavy atom. The van der Waals surface area contributed by atoms with Crippen molar-refractivity contribution < 1.29 is 13.9 Å². The fraction of sp³-hybridized carbons (Fsp3) is 0.500. The van der Waals surface area contributed by atoms with Crippen molar-refractivity contribution in [3.8, 4) is 0 Å². The maximum atomic E-state index is 12.9. The second-order valence-corrected chi connectivity index (χ2v) is 4.89. The van der Waals surface area contributed by atoms with Gasteiger partial charge in [0.05, 0.1) is 18.7 Å². The highest BCUT2D eigenvalue weighted by Gasteiger charge is 2.39. The zero-order valence-corrected chi connectivity index (χ0v) is 11.4. The fourth-order valence-electron chi connectivity index (χ4n) is 2.16. The first kappa shape index (κ1) is 14.9. The van der Waals surface area contributed by atoms with E-state index < -0.39 is 12.1 Å². The Balaban J connectivity index is 1.96. The molecule has 1 aliphatic heterocycles. The van der Waals surface area contributed by atoms with Crippen molar-refractivity contribution in [2.75, 3.05) is 6.61 Å². The SMILES string of the molecule is CCCCOC(=O)C1NNC(c2ccc(F)cc2)C1N. The van der Waals surface area contributed by atoms with Crippen molar-refractivity contribution in [3.63, 3.8) is 0 Å². The number of carbonyl (C=O) groups excluding carboxylic acids is 1. The summed E-state index contributed by atoms with van der Waals surface area (Å²) in [6.07, 6.45) is 1.80. The lowest BCUT2D eigenvalue weighted by molar-refractivity contribution is -0.146. The van der Waals surface area contributed by atoms with Crippen molar-refractivity contribution in [2.45, 2.75) is 37.9 Å². The van der Waals surface area contributed by atoms with Crippen LogP contribution in [0.15, 0.2) is 24.3 Å². The first-order chi connectivity index (χ1) is 9.63. The van der Waals surface area contributed by atoms with Crippen LogP contribution in [0.5, 0.6) is 0 Å². The normalized spacial score (nSPS) is 25.6. The van der Waals surface area contributed by atoms with E-state index in [1.165, 1.54) is 12.1 Å². The number of halogens is 1. The van der Waals surface area contributed by atoms with Gasteiger partial charge in [0.25, 0.3) is 0 Å². The molecule has 6 heteroatoms. The molecule has 0 saturated carbocycles. The van der Waals surface area contributed by atoms with Crippen LogP contribution in [0.4, 0.5) is 4.39 Å². The summed E-state index contributed by atoms with van der Waals surface area (Å²) in [5.41, 5.74) is 12.7. The largest absolute Gasteiger partial charge is 0.464 e. The summed E-state index contributed by atoms with van der Waals surface area (Å²) < 4.78 is 18.1. The molecular formula is C14H20FN3O2. The van der Waals surface area contributed by atoms with E-state index in [-0.39, 0.29) is 17.8 Å². The van der Waals surface area contributed by atoms with Crippen LogP contribution in [0.1, 0.15) is 31.4 Å². The third-order valence-electron chi connectivity index (χ3n) is 3.39. The first-order valence-electron chi connectivity index (χ1n) is 6.82. The van der Waals surface area contributed by atoms with Crippen LogP contribution in [0.2, 0.25) is 0 Å². The standard InChI is InChI=1S/C14H20FN3O2/c1-2-3-8-20-14(19)13-11(16)12(17-18-13)9-4-6-10(15)7-5-9/h4-7,11-13,17-18H,2-3,8,16H2,1H3. The molecule has 0 radical (unpaired) electrons. The topological polar surface area (TPSA) is 76.4 Å². The smallest absolute Gasteiger partial charge is 0.326 e. The minimum atomic E-state index is -0.595. The molecule has 4 N–H and O–H groups in total. The number of benzene rings is 1. The van der Waals surface area contributed by atoms with Gasteiger partial charge >= 0.3 is 5.97 Å². The number of hydrogen-bond donors (Lipinski definition) is 3. The van der Waals surface area contributed by atoms with Gasteiger partial charge in [0.2, 0.25) is 0 Å². The van der Waals surface area contributed by atoms with Crippen LogP contribution >= 0.6 is 0 Å². The maximum absolute atomic E-state index is 12.9. The summed E-state index contributed by atoms with van der Waals surface area (Å²) in [4.78, 5) is 11.9. The van der Waals surface area contributed by atoms with Crippen LogP contribution < -0.4 is 16.6 Å². The number of ether oxygens (including phenoxy) is 1. The highest BCUT2D eigenvalue weighted by molar-refractivity contribution is 5.77. The Morgan fingerprint density at radius 1 is 1.35 bits per heavy atom. The van der Waals surface area contributed by atoms with Gasteiger partial charge in [-0.15, -0.1) is 0 Å². The molecule has 2 rings (SSSR count). The average Bonchev–Trinajstić information content (AvgIpc) is 2.82. The van der Waals surface area contributed by atoms with E-state index >= 15 is 0 Å². The van der Waals surface area contributed by atoms with Gasteiger partial charge in [0.1, 0.15) is 11.9 Å². The zero-order chi connectivity index (χ0) is 14.5. The van der Waals surface area contributed by atoms with Crippen LogP contribution in [-0.4, -0.2) is 24.7 Å². The molecule has 0 amide bonds. The Bertz CT molecular complexity index is 452. The number of unbranched alkanes of at least 4 members (excludes halogenated alkanes) is 1. The van der Waals surface area contributed by atoms with Crippen LogP contribution in [-0.2, 0) is 9.53 Å². The van der Waals surface area contributed by atoms with Gasteiger partial charge in [0, 0.05) is 0 Å². The molecule has 5 nitrogen and oxygen atoms in total. The second-order valence-electron chi connectivity index (χ2n) is 4.89. The Morgan fingerprint density at radius 3 is 2.70 bits per heavy atom. The molecule has 3 atom stereocenters. The number of rotatable bonds is 5. The molecule has 1 aliphatic rings. The van der Waals surface area contributed by atoms with Gasteiger partial charge in [-0.25, -0.2) is 15.2 Å². The highest BCUT2D eigenvalue weighted by atomic mass is 19.1. The molecule has 1 saturated heterocycles. The minimum absolute atomic E-state index is 0.251. The summed E-state index contributed by atoms with van der Waals surface area (Å²) in [6.45, 7) is 2.43. The number of hydrazine groups is 1. The number of carbonyl (C=O) groups is 1. The molecule has 0 aliphatic carbocycles. The maximum Gasteiger partial charge on any atom is 0.326 e. The molecule has 20 heavy (non-hydrogen) atoms. The quantitative estimate of drug-likeness (QED) is 0.555. The second kappa shape index (κ2) is 6.78. The van der Waals surface area contributed by atoms with Crippen LogP contribution in [0, 0.1) is 5.82 Å². The first-order valence-corrected chi connectivity index (χ1v) is 6.82. The van der Waals surface area contributed by atoms with Crippen molar-refractivity contribution >= 4 is 5.97 Å². The molecular weight excluding hydrogens is 261 g/mol. The molecule has 0 aromatic heterocycles. The Hall–Kier alpha value is -1.50. The van der Waals surface area contributed by atoms with Crippen LogP contribution in [0.25, 0.3) is 0 Å². The lowest BCUT2D eigenvalue weighted by Gasteiger charge is -2.18. The Kier molecular flexibility index (Phi) is 5.05. The summed E-state index contributed by atoms with van der Waals surface area (Å²) in [7, 11) is 0. The highest BCUT2D eigenvalue weighted by Crippen LogP contribution is 2.22. The number of hydrogen-bond acceptors (Lipinski definition) is 5. The molecule has 1 aromatic rings. The van der Waals surface area contributed by atoms with E-state index in [2.05, 4.69) is 10.9 Å². The Labute approximate surface area is 117 Å². The van der Waals surface area contributed by atoms with E-state index in [0.29, 0.717) is 6.61 Å². The van der Waals surface area contributed by atoms with E-state index in [4.69, 9.17) is 10.5 Å². The predicted octanol–water partition coefficient (Wildman–Crippen LogP) is 1.01. The van der Waals surface area contributed by atoms with Gasteiger partial charge in [0.15, 0.2) is 0 Å². The number of esters is 1. The van der Waals surface area contributed by atoms with Crippen molar-refractivity contribution in [3.05, 3.63) is 35.6 Å². The van der Waals surface area contributed by atoms with Gasteiger partial charge in [-0.1, -0.05) is 25.5 Å². The zero-order valence-electron chi connectivity index (χ0n) is 11.4. The fourth-order valence-corrected chi connectivity index (χ4v) is 2.16. The van der Waals surface area contributed by atoms with Gasteiger partial charge in [-0.3, -0.25) is 4.79 Å². The molecule has 3 unspecified atom stereocenters. The summed E-state index contributed by atoms with van der Waals surface area (Å²) in [5.74, 6) is -0.660. The van der Waals surface area contributed by atoms with E-state index in [9.17, 15) is 9.18 Å². The third-order valence-corrected chi connectivity index (χ3v) is 3.39. The number of nitrogens with two attached hydrogens (primary N) is 1. The van der Waals surface area contributed by atoms with E-state index in [0.717, 1.165) is 18.4 Å². The molecule has 1 fully saturated rings. The van der Waals surface area contributed by atoms with E-state index in [1.54, 1.807) is 12.1 Å². The van der Waals surface area contributed by atoms with E-state index in [1.807, 2.05) is 6.92 Å². The van der Waals surface area contributed by atoms with Crippen molar-refractivity contribution in [1.29, 1.82) is 0 Å². The third kappa shape index (κ3) is 3.33. The molecule has 1 heterocycles. The predicted molar refractivity (Wildman–Crippen MR) is 73.0 cm³/mol. The van der Waals surface area contributed by atoms with Gasteiger partial charge in [-0.05, 0) is 24.1 Å². The summed E-state index contributed by atoms with van der Waals surface area (Å²) in [6, 6.07) is 4.74. The molecule has 0 bridgehead atoms. The van der Waals surface area contributed by atoms with Crippen LogP contribution in [0.3, 0.4) is 0 Å². The molecule has 110 valence electrons. The van der Waals surface area contributed by atoms with Crippen molar-refractivity contribution in [2.24, 2.45) is 5.73 Å². The minimum Gasteiger partial charge on any atom is -0.464 e. The van der Waals surface area contributed by atoms with Gasteiger partial charge < -0.3 is 10.5 Å². The molecule has 0 spiro atoms. The molecule has 1 aromatic carbocycles. The average molecular weight is 281 g/mol. The summed E-state index contributed by atoms with van der Waals surface area (Å²) in [5, 5.41) is 0. The van der Waals surface area contributed by atoms with Gasteiger partial charge in [-0.2, -0.15) is 0 Å². The van der Waals surface area contributed by atoms with Crippen molar-refractivity contribution in [1.82, 2.24) is 10.9 Å². The lowest BCUT2D eigenvalue weighted by Crippen LogP contribution is -2.45. The monoisotopic (exact) mass is 281 g/mol. The lowest BCUT2D eigenvalue weighted by atomic mass is 9.97.